The number of thiophene rings is 1. The van der Waals surface area contributed by atoms with Crippen LogP contribution in [0, 0.1) is 13.8 Å². The van der Waals surface area contributed by atoms with E-state index in [2.05, 4.69) is 24.9 Å². The number of nitrogens with zero attached hydrogens (tertiary/aromatic N) is 1. The minimum absolute atomic E-state index is 0.415. The summed E-state index contributed by atoms with van der Waals surface area (Å²) in [7, 11) is 0. The van der Waals surface area contributed by atoms with E-state index < -0.39 is 6.10 Å². The SMILES string of the molecule is Cc1cc(C(O)Cc2cccnc2)sc1C. The minimum Gasteiger partial charge on any atom is -0.387 e. The van der Waals surface area contributed by atoms with Crippen LogP contribution in [0.3, 0.4) is 0 Å². The van der Waals surface area contributed by atoms with Gasteiger partial charge in [0, 0.05) is 28.6 Å². The number of aliphatic hydroxyl groups excluding tert-OH is 1. The fourth-order valence-electron chi connectivity index (χ4n) is 1.61. The van der Waals surface area contributed by atoms with Crippen molar-refractivity contribution in [2.75, 3.05) is 0 Å². The summed E-state index contributed by atoms with van der Waals surface area (Å²) in [6, 6.07) is 5.96. The lowest BCUT2D eigenvalue weighted by atomic mass is 10.1. The summed E-state index contributed by atoms with van der Waals surface area (Å²) in [6.07, 6.45) is 3.76. The summed E-state index contributed by atoms with van der Waals surface area (Å²) >= 11 is 1.67. The average molecular weight is 233 g/mol. The molecule has 0 bridgehead atoms. The minimum atomic E-state index is -0.415. The van der Waals surface area contributed by atoms with E-state index in [0.717, 1.165) is 10.4 Å². The van der Waals surface area contributed by atoms with Crippen molar-refractivity contribution in [3.05, 3.63) is 51.5 Å². The van der Waals surface area contributed by atoms with E-state index in [1.54, 1.807) is 23.7 Å². The van der Waals surface area contributed by atoms with Gasteiger partial charge in [-0.25, -0.2) is 0 Å². The summed E-state index contributed by atoms with van der Waals surface area (Å²) in [5, 5.41) is 10.1. The normalized spacial score (nSPS) is 12.7. The monoisotopic (exact) mass is 233 g/mol. The first-order chi connectivity index (χ1) is 7.66. The summed E-state index contributed by atoms with van der Waals surface area (Å²) in [5.74, 6) is 0. The molecule has 2 aromatic rings. The van der Waals surface area contributed by atoms with Crippen molar-refractivity contribution in [1.82, 2.24) is 4.98 Å². The second kappa shape index (κ2) is 4.76. The Morgan fingerprint density at radius 2 is 2.25 bits per heavy atom. The maximum atomic E-state index is 10.1. The van der Waals surface area contributed by atoms with E-state index in [9.17, 15) is 5.11 Å². The molecule has 0 aliphatic heterocycles. The molecule has 0 radical (unpaired) electrons. The molecule has 16 heavy (non-hydrogen) atoms. The molecule has 84 valence electrons. The van der Waals surface area contributed by atoms with Gasteiger partial charge in [-0.2, -0.15) is 0 Å². The van der Waals surface area contributed by atoms with Gasteiger partial charge in [0.2, 0.25) is 0 Å². The van der Waals surface area contributed by atoms with Crippen molar-refractivity contribution in [1.29, 1.82) is 0 Å². The molecule has 0 saturated carbocycles. The predicted octanol–water partition coefficient (Wildman–Crippen LogP) is 3.04. The van der Waals surface area contributed by atoms with Gasteiger partial charge in [-0.05, 0) is 37.1 Å². The van der Waals surface area contributed by atoms with E-state index in [4.69, 9.17) is 0 Å². The van der Waals surface area contributed by atoms with Crippen LogP contribution in [0.2, 0.25) is 0 Å². The van der Waals surface area contributed by atoms with Gasteiger partial charge in [0.05, 0.1) is 6.10 Å². The molecule has 2 nitrogen and oxygen atoms in total. The Morgan fingerprint density at radius 3 is 2.81 bits per heavy atom. The molecular formula is C13H15NOS. The second-order valence-corrected chi connectivity index (χ2v) is 5.26. The number of aromatic nitrogens is 1. The smallest absolute Gasteiger partial charge is 0.0922 e. The van der Waals surface area contributed by atoms with Crippen molar-refractivity contribution < 1.29 is 5.11 Å². The van der Waals surface area contributed by atoms with Crippen LogP contribution in [0.5, 0.6) is 0 Å². The Kier molecular flexibility index (Phi) is 3.36. The van der Waals surface area contributed by atoms with Gasteiger partial charge in [0.1, 0.15) is 0 Å². The van der Waals surface area contributed by atoms with Gasteiger partial charge in [0.15, 0.2) is 0 Å². The Balaban J connectivity index is 2.11. The topological polar surface area (TPSA) is 33.1 Å². The third kappa shape index (κ3) is 2.49. The highest BCUT2D eigenvalue weighted by Gasteiger charge is 2.12. The zero-order chi connectivity index (χ0) is 11.5. The molecule has 1 unspecified atom stereocenters. The van der Waals surface area contributed by atoms with Gasteiger partial charge >= 0.3 is 0 Å². The van der Waals surface area contributed by atoms with Crippen molar-refractivity contribution in [2.45, 2.75) is 26.4 Å². The zero-order valence-electron chi connectivity index (χ0n) is 9.47. The molecule has 3 heteroatoms. The van der Waals surface area contributed by atoms with Crippen LogP contribution < -0.4 is 0 Å². The number of rotatable bonds is 3. The lowest BCUT2D eigenvalue weighted by Gasteiger charge is -2.07. The highest BCUT2D eigenvalue weighted by Crippen LogP contribution is 2.28. The van der Waals surface area contributed by atoms with Crippen LogP contribution in [0.1, 0.15) is 27.0 Å². The van der Waals surface area contributed by atoms with Crippen LogP contribution >= 0.6 is 11.3 Å². The molecule has 0 aromatic carbocycles. The van der Waals surface area contributed by atoms with E-state index in [0.29, 0.717) is 6.42 Å². The number of aryl methyl sites for hydroxylation is 2. The van der Waals surface area contributed by atoms with Crippen molar-refractivity contribution in [2.24, 2.45) is 0 Å². The first-order valence-electron chi connectivity index (χ1n) is 5.30. The quantitative estimate of drug-likeness (QED) is 0.884. The summed E-state index contributed by atoms with van der Waals surface area (Å²) < 4.78 is 0. The van der Waals surface area contributed by atoms with E-state index in [1.165, 1.54) is 10.4 Å². The summed E-state index contributed by atoms with van der Waals surface area (Å²) in [6.45, 7) is 4.16. The average Bonchev–Trinajstić information content (AvgIpc) is 2.61. The molecule has 0 fully saturated rings. The molecule has 2 heterocycles. The van der Waals surface area contributed by atoms with Crippen molar-refractivity contribution >= 4 is 11.3 Å². The van der Waals surface area contributed by atoms with Gasteiger partial charge in [-0.15, -0.1) is 11.3 Å². The van der Waals surface area contributed by atoms with Crippen LogP contribution in [-0.4, -0.2) is 10.1 Å². The van der Waals surface area contributed by atoms with E-state index in [1.807, 2.05) is 12.1 Å². The van der Waals surface area contributed by atoms with E-state index in [-0.39, 0.29) is 0 Å². The second-order valence-electron chi connectivity index (χ2n) is 3.97. The maximum absolute atomic E-state index is 10.1. The van der Waals surface area contributed by atoms with Crippen molar-refractivity contribution in [3.63, 3.8) is 0 Å². The fraction of sp³-hybridized carbons (Fsp3) is 0.308. The van der Waals surface area contributed by atoms with Gasteiger partial charge in [-0.3, -0.25) is 4.98 Å². The molecular weight excluding hydrogens is 218 g/mol. The highest BCUT2D eigenvalue weighted by atomic mass is 32.1. The zero-order valence-corrected chi connectivity index (χ0v) is 10.3. The predicted molar refractivity (Wildman–Crippen MR) is 66.7 cm³/mol. The largest absolute Gasteiger partial charge is 0.387 e. The Hall–Kier alpha value is -1.19. The van der Waals surface area contributed by atoms with Gasteiger partial charge in [0.25, 0.3) is 0 Å². The molecule has 2 rings (SSSR count). The van der Waals surface area contributed by atoms with E-state index >= 15 is 0 Å². The molecule has 0 aliphatic carbocycles. The lowest BCUT2D eigenvalue weighted by molar-refractivity contribution is 0.182. The van der Waals surface area contributed by atoms with Gasteiger partial charge < -0.3 is 5.11 Å². The number of hydrogen-bond acceptors (Lipinski definition) is 3. The summed E-state index contributed by atoms with van der Waals surface area (Å²) in [5.41, 5.74) is 2.32. The van der Waals surface area contributed by atoms with Crippen LogP contribution in [-0.2, 0) is 6.42 Å². The number of pyridine rings is 1. The molecule has 1 atom stereocenters. The highest BCUT2D eigenvalue weighted by molar-refractivity contribution is 7.12. The molecule has 2 aromatic heterocycles. The fourth-order valence-corrected chi connectivity index (χ4v) is 2.64. The van der Waals surface area contributed by atoms with Crippen LogP contribution in [0.25, 0.3) is 0 Å². The Morgan fingerprint density at radius 1 is 1.44 bits per heavy atom. The van der Waals surface area contributed by atoms with Crippen LogP contribution in [0.15, 0.2) is 30.6 Å². The lowest BCUT2D eigenvalue weighted by Crippen LogP contribution is -1.99. The molecule has 0 amide bonds. The first kappa shape index (κ1) is 11.3. The summed E-state index contributed by atoms with van der Waals surface area (Å²) in [4.78, 5) is 6.37. The molecule has 1 N–H and O–H groups in total. The van der Waals surface area contributed by atoms with Crippen molar-refractivity contribution in [3.8, 4) is 0 Å². The molecule has 0 aliphatic rings. The third-order valence-corrected chi connectivity index (χ3v) is 3.92. The maximum Gasteiger partial charge on any atom is 0.0922 e. The number of aliphatic hydroxyl groups is 1. The first-order valence-corrected chi connectivity index (χ1v) is 6.12. The number of hydrogen-bond donors (Lipinski definition) is 1. The van der Waals surface area contributed by atoms with Gasteiger partial charge in [-0.1, -0.05) is 6.07 Å². The third-order valence-electron chi connectivity index (χ3n) is 2.67. The van der Waals surface area contributed by atoms with Crippen LogP contribution in [0.4, 0.5) is 0 Å². The standard InChI is InChI=1S/C13H15NOS/c1-9-6-13(16-10(9)2)12(15)7-11-4-3-5-14-8-11/h3-6,8,12,15H,7H2,1-2H3. The molecule has 0 spiro atoms. The Labute approximate surface area is 99.6 Å². The molecule has 0 saturated heterocycles. The Bertz CT molecular complexity index is 445.